The van der Waals surface area contributed by atoms with Gasteiger partial charge in [0.2, 0.25) is 0 Å². The van der Waals surface area contributed by atoms with E-state index in [0.717, 1.165) is 5.56 Å². The molecule has 0 unspecified atom stereocenters. The number of aliphatic hydroxyl groups excluding tert-OH is 1. The summed E-state index contributed by atoms with van der Waals surface area (Å²) in [7, 11) is 1.28. The molecule has 0 spiro atoms. The maximum absolute atomic E-state index is 13.1. The van der Waals surface area contributed by atoms with Crippen LogP contribution in [-0.2, 0) is 34.0 Å². The zero-order valence-corrected chi connectivity index (χ0v) is 20.3. The molecule has 0 radical (unpaired) electrons. The molecule has 3 rings (SSSR count). The molecule has 8 heteroatoms. The third kappa shape index (κ3) is 3.88. The number of carbonyl (C=O) groups is 3. The van der Waals surface area contributed by atoms with Crippen molar-refractivity contribution in [3.8, 4) is 5.75 Å². The second kappa shape index (κ2) is 8.63. The molecule has 0 aliphatic heterocycles. The molecule has 8 nitrogen and oxygen atoms in total. The number of phenolic OH excluding ortho intramolecular Hbond substituents is 1. The Balaban J connectivity index is 2.39. The van der Waals surface area contributed by atoms with Crippen LogP contribution in [0.3, 0.4) is 0 Å². The number of rotatable bonds is 4. The van der Waals surface area contributed by atoms with Crippen LogP contribution in [0.25, 0.3) is 0 Å². The molecule has 1 aromatic carbocycles. The van der Waals surface area contributed by atoms with Crippen LogP contribution in [0.1, 0.15) is 83.1 Å². The molecule has 0 heterocycles. The molecular formula is C25H34O8. The highest BCUT2D eigenvalue weighted by molar-refractivity contribution is 5.78. The molecule has 1 fully saturated rings. The Morgan fingerprint density at radius 2 is 1.70 bits per heavy atom. The number of hydrogen-bond acceptors (Lipinski definition) is 8. The minimum atomic E-state index is -1.30. The fourth-order valence-corrected chi connectivity index (χ4v) is 6.12. The van der Waals surface area contributed by atoms with Gasteiger partial charge in [-0.15, -0.1) is 0 Å². The summed E-state index contributed by atoms with van der Waals surface area (Å²) in [6.07, 6.45) is -2.54. The van der Waals surface area contributed by atoms with Crippen molar-refractivity contribution in [2.75, 3.05) is 7.11 Å². The van der Waals surface area contributed by atoms with Crippen molar-refractivity contribution < 1.29 is 38.8 Å². The quantitative estimate of drug-likeness (QED) is 0.517. The van der Waals surface area contributed by atoms with Gasteiger partial charge in [0.1, 0.15) is 24.1 Å². The van der Waals surface area contributed by atoms with Gasteiger partial charge in [0, 0.05) is 30.7 Å². The van der Waals surface area contributed by atoms with Crippen molar-refractivity contribution >= 4 is 17.9 Å². The monoisotopic (exact) mass is 462 g/mol. The summed E-state index contributed by atoms with van der Waals surface area (Å²) in [5.41, 5.74) is -0.739. The lowest BCUT2D eigenvalue weighted by Crippen LogP contribution is -2.65. The maximum atomic E-state index is 13.1. The predicted molar refractivity (Wildman–Crippen MR) is 118 cm³/mol. The summed E-state index contributed by atoms with van der Waals surface area (Å²) in [6.45, 7) is 9.96. The third-order valence-corrected chi connectivity index (χ3v) is 7.52. The maximum Gasteiger partial charge on any atom is 0.311 e. The Bertz CT molecular complexity index is 969. The normalized spacial score (nSPS) is 33.0. The number of aromatic hydroxyl groups is 1. The molecular weight excluding hydrogens is 428 g/mol. The molecule has 33 heavy (non-hydrogen) atoms. The van der Waals surface area contributed by atoms with Crippen LogP contribution in [0.5, 0.6) is 5.75 Å². The van der Waals surface area contributed by atoms with E-state index in [1.165, 1.54) is 21.0 Å². The van der Waals surface area contributed by atoms with Crippen molar-refractivity contribution in [1.29, 1.82) is 0 Å². The van der Waals surface area contributed by atoms with Gasteiger partial charge in [-0.05, 0) is 42.9 Å². The number of esters is 3. The van der Waals surface area contributed by atoms with Crippen molar-refractivity contribution in [1.82, 2.24) is 0 Å². The number of carbonyl (C=O) groups excluding carboxylic acids is 3. The summed E-state index contributed by atoms with van der Waals surface area (Å²) in [6, 6.07) is 3.43. The Hall–Kier alpha value is -2.61. The minimum absolute atomic E-state index is 0.0575. The van der Waals surface area contributed by atoms with Gasteiger partial charge in [-0.25, -0.2) is 0 Å². The fraction of sp³-hybridized carbons (Fsp3) is 0.640. The standard InChI is InChI=1S/C25H34O8/c1-12(2)15-10-16-19(17(28)11-15)25(6)18(32-13(3)26)8-9-24(5,23(30)31-7)22(25)21(20(16)29)33-14(4)27/h10-12,18,20-22,28-29H,8-9H2,1-7H3/t18-,20-,21+,22-,24+,25+/m0/s1. The summed E-state index contributed by atoms with van der Waals surface area (Å²) in [4.78, 5) is 37.2. The number of ether oxygens (including phenoxy) is 3. The zero-order chi connectivity index (χ0) is 24.9. The molecule has 0 saturated heterocycles. The Kier molecular flexibility index (Phi) is 6.54. The summed E-state index contributed by atoms with van der Waals surface area (Å²) >= 11 is 0. The second-order valence-corrected chi connectivity index (χ2v) is 9.98. The fourth-order valence-electron chi connectivity index (χ4n) is 6.12. The number of phenols is 1. The van der Waals surface area contributed by atoms with E-state index in [-0.39, 0.29) is 18.1 Å². The third-order valence-electron chi connectivity index (χ3n) is 7.52. The molecule has 0 bridgehead atoms. The molecule has 0 aromatic heterocycles. The topological polar surface area (TPSA) is 119 Å². The van der Waals surface area contributed by atoms with E-state index in [9.17, 15) is 24.6 Å². The van der Waals surface area contributed by atoms with Crippen LogP contribution in [0.4, 0.5) is 0 Å². The molecule has 182 valence electrons. The first-order chi connectivity index (χ1) is 15.3. The predicted octanol–water partition coefficient (Wildman–Crippen LogP) is 3.27. The van der Waals surface area contributed by atoms with E-state index in [1.807, 2.05) is 13.8 Å². The highest BCUT2D eigenvalue weighted by atomic mass is 16.6. The van der Waals surface area contributed by atoms with Crippen LogP contribution in [-0.4, -0.2) is 47.4 Å². The van der Waals surface area contributed by atoms with Gasteiger partial charge in [0.25, 0.3) is 0 Å². The van der Waals surface area contributed by atoms with Gasteiger partial charge in [-0.2, -0.15) is 0 Å². The molecule has 2 aliphatic carbocycles. The molecule has 6 atom stereocenters. The first-order valence-electron chi connectivity index (χ1n) is 11.3. The highest BCUT2D eigenvalue weighted by Crippen LogP contribution is 2.62. The number of hydrogen-bond donors (Lipinski definition) is 2. The lowest BCUT2D eigenvalue weighted by Gasteiger charge is -2.59. The van der Waals surface area contributed by atoms with Crippen LogP contribution in [0.2, 0.25) is 0 Å². The van der Waals surface area contributed by atoms with Gasteiger partial charge in [0.15, 0.2) is 0 Å². The minimum Gasteiger partial charge on any atom is -0.508 e. The summed E-state index contributed by atoms with van der Waals surface area (Å²) < 4.78 is 16.5. The van der Waals surface area contributed by atoms with Crippen LogP contribution in [0.15, 0.2) is 12.1 Å². The Morgan fingerprint density at radius 3 is 2.21 bits per heavy atom. The number of fused-ring (bicyclic) bond motifs is 3. The number of methoxy groups -OCH3 is 1. The van der Waals surface area contributed by atoms with E-state index >= 15 is 0 Å². The van der Waals surface area contributed by atoms with Crippen LogP contribution < -0.4 is 0 Å². The van der Waals surface area contributed by atoms with E-state index in [4.69, 9.17) is 14.2 Å². The van der Waals surface area contributed by atoms with Crippen LogP contribution in [0, 0.1) is 11.3 Å². The smallest absolute Gasteiger partial charge is 0.311 e. The second-order valence-electron chi connectivity index (χ2n) is 9.98. The average molecular weight is 463 g/mol. The van der Waals surface area contributed by atoms with Gasteiger partial charge in [-0.1, -0.05) is 26.8 Å². The molecule has 0 amide bonds. The van der Waals surface area contributed by atoms with Crippen molar-refractivity contribution in [2.24, 2.45) is 11.3 Å². The van der Waals surface area contributed by atoms with Gasteiger partial charge < -0.3 is 24.4 Å². The average Bonchev–Trinajstić information content (AvgIpc) is 2.72. The Morgan fingerprint density at radius 1 is 1.09 bits per heavy atom. The lowest BCUT2D eigenvalue weighted by molar-refractivity contribution is -0.204. The van der Waals surface area contributed by atoms with E-state index < -0.39 is 53.0 Å². The lowest BCUT2D eigenvalue weighted by atomic mass is 9.47. The Labute approximate surface area is 194 Å². The van der Waals surface area contributed by atoms with E-state index in [2.05, 4.69) is 0 Å². The molecule has 2 aliphatic rings. The van der Waals surface area contributed by atoms with Crippen molar-refractivity contribution in [3.05, 3.63) is 28.8 Å². The van der Waals surface area contributed by atoms with Gasteiger partial charge in [0.05, 0.1) is 12.5 Å². The number of benzene rings is 1. The summed E-state index contributed by atoms with van der Waals surface area (Å²) in [5, 5.41) is 22.7. The number of aliphatic hydroxyl groups is 1. The van der Waals surface area contributed by atoms with E-state index in [1.54, 1.807) is 26.0 Å². The first-order valence-corrected chi connectivity index (χ1v) is 11.3. The van der Waals surface area contributed by atoms with Crippen LogP contribution >= 0.6 is 0 Å². The highest BCUT2D eigenvalue weighted by Gasteiger charge is 2.67. The largest absolute Gasteiger partial charge is 0.508 e. The molecule has 2 N–H and O–H groups in total. The van der Waals surface area contributed by atoms with E-state index in [0.29, 0.717) is 17.5 Å². The van der Waals surface area contributed by atoms with Gasteiger partial charge >= 0.3 is 17.9 Å². The summed E-state index contributed by atoms with van der Waals surface area (Å²) in [5.74, 6) is -2.48. The van der Waals surface area contributed by atoms with Gasteiger partial charge in [-0.3, -0.25) is 14.4 Å². The SMILES string of the molecule is COC(=O)[C@]1(C)CC[C@H](OC(C)=O)[C@]2(C)c3c(O)cc(C(C)C)cc3[C@H](O)[C@@H](OC(C)=O)[C@H]21. The molecule has 1 aromatic rings. The first kappa shape index (κ1) is 25.0. The molecule has 1 saturated carbocycles. The van der Waals surface area contributed by atoms with Crippen molar-refractivity contribution in [3.63, 3.8) is 0 Å². The van der Waals surface area contributed by atoms with Crippen molar-refractivity contribution in [2.45, 2.75) is 84.0 Å². The zero-order valence-electron chi connectivity index (χ0n) is 20.3.